The second-order valence-electron chi connectivity index (χ2n) is 1.91. The highest BCUT2D eigenvalue weighted by Crippen LogP contribution is 1.73. The van der Waals surface area contributed by atoms with Gasteiger partial charge in [0.2, 0.25) is 0 Å². The van der Waals surface area contributed by atoms with Crippen molar-refractivity contribution in [3.05, 3.63) is 55.1 Å². The molecule has 0 fully saturated rings. The normalized spacial score (nSPS) is 7.33. The number of rotatable bonds is 0. The van der Waals surface area contributed by atoms with Crippen LogP contribution in [-0.4, -0.2) is 9.97 Å². The third-order valence-electron chi connectivity index (χ3n) is 1.06. The zero-order valence-corrected chi connectivity index (χ0v) is 6.55. The summed E-state index contributed by atoms with van der Waals surface area (Å²) in [6.07, 6.45) is 7.25. The lowest BCUT2D eigenvalue weighted by atomic mass is 10.5. The molecule has 12 heavy (non-hydrogen) atoms. The highest BCUT2D eigenvalue weighted by Gasteiger charge is 1.58. The quantitative estimate of drug-likeness (QED) is 0.638. The minimum atomic E-state index is 0. The first-order valence-electron chi connectivity index (χ1n) is 3.43. The van der Waals surface area contributed by atoms with Crippen LogP contribution in [0.1, 0.15) is 0 Å². The van der Waals surface area contributed by atoms with E-state index in [0.29, 0.717) is 0 Å². The Morgan fingerprint density at radius 3 is 1.50 bits per heavy atom. The Hall–Kier alpha value is -1.64. The molecule has 0 atom stereocenters. The van der Waals surface area contributed by atoms with Crippen molar-refractivity contribution in [2.75, 3.05) is 0 Å². The van der Waals surface area contributed by atoms with Gasteiger partial charge in [-0.1, -0.05) is 6.07 Å². The van der Waals surface area contributed by atoms with Crippen molar-refractivity contribution in [2.24, 2.45) is 0 Å². The van der Waals surface area contributed by atoms with Crippen LogP contribution in [-0.2, 0) is 0 Å². The molecule has 0 spiro atoms. The molecule has 0 aliphatic rings. The fourth-order valence-electron chi connectivity index (χ4n) is 0.590. The number of nitrogens with one attached hydrogen (secondary N) is 1. The number of nitrogens with zero attached hydrogens (tertiary/aromatic N) is 1. The third kappa shape index (κ3) is 5.17. The van der Waals surface area contributed by atoms with E-state index in [4.69, 9.17) is 0 Å². The predicted molar refractivity (Wildman–Crippen MR) is 47.5 cm³/mol. The van der Waals surface area contributed by atoms with E-state index in [1.165, 1.54) is 0 Å². The Morgan fingerprint density at radius 1 is 0.750 bits per heavy atom. The van der Waals surface area contributed by atoms with Gasteiger partial charge in [0.05, 0.1) is 0 Å². The van der Waals surface area contributed by atoms with Gasteiger partial charge in [0.25, 0.3) is 0 Å². The molecule has 0 bridgehead atoms. The Morgan fingerprint density at radius 2 is 1.33 bits per heavy atom. The van der Waals surface area contributed by atoms with Crippen molar-refractivity contribution < 1.29 is 4.70 Å². The largest absolute Gasteiger partial charge is 0.368 e. The SMILES string of the molecule is F.c1cc[nH]c1.c1ccncc1. The number of aromatic nitrogens is 2. The van der Waals surface area contributed by atoms with Gasteiger partial charge in [0.1, 0.15) is 0 Å². The average molecular weight is 166 g/mol. The van der Waals surface area contributed by atoms with E-state index in [1.54, 1.807) is 12.4 Å². The molecule has 1 N–H and O–H groups in total. The van der Waals surface area contributed by atoms with Crippen LogP contribution in [0.3, 0.4) is 0 Å². The van der Waals surface area contributed by atoms with Crippen LogP contribution in [0.2, 0.25) is 0 Å². The molecule has 0 saturated heterocycles. The molecule has 2 rings (SSSR count). The van der Waals surface area contributed by atoms with Gasteiger partial charge >= 0.3 is 0 Å². The molecule has 0 amide bonds. The maximum absolute atomic E-state index is 3.78. The summed E-state index contributed by atoms with van der Waals surface area (Å²) in [4.78, 5) is 6.65. The summed E-state index contributed by atoms with van der Waals surface area (Å²) in [7, 11) is 0. The van der Waals surface area contributed by atoms with Crippen LogP contribution in [0.4, 0.5) is 4.70 Å². The van der Waals surface area contributed by atoms with Crippen LogP contribution in [0.5, 0.6) is 0 Å². The number of aromatic amines is 1. The van der Waals surface area contributed by atoms with E-state index in [0.717, 1.165) is 0 Å². The van der Waals surface area contributed by atoms with E-state index >= 15 is 0 Å². The molecule has 2 aromatic heterocycles. The van der Waals surface area contributed by atoms with E-state index in [9.17, 15) is 0 Å². The maximum atomic E-state index is 3.78. The summed E-state index contributed by atoms with van der Waals surface area (Å²) in [6.45, 7) is 0. The summed E-state index contributed by atoms with van der Waals surface area (Å²) in [6, 6.07) is 9.60. The monoisotopic (exact) mass is 166 g/mol. The van der Waals surface area contributed by atoms with Crippen LogP contribution < -0.4 is 0 Å². The molecular formula is C9H11FN2. The number of H-pyrrole nitrogens is 1. The van der Waals surface area contributed by atoms with Crippen LogP contribution in [0.15, 0.2) is 55.1 Å². The van der Waals surface area contributed by atoms with E-state index in [-0.39, 0.29) is 4.70 Å². The molecule has 0 aliphatic heterocycles. The molecule has 64 valence electrons. The third-order valence-corrected chi connectivity index (χ3v) is 1.06. The number of hydrogen-bond donors (Lipinski definition) is 1. The van der Waals surface area contributed by atoms with Crippen molar-refractivity contribution in [3.8, 4) is 0 Å². The predicted octanol–water partition coefficient (Wildman–Crippen LogP) is 2.25. The molecule has 0 aliphatic carbocycles. The van der Waals surface area contributed by atoms with Crippen molar-refractivity contribution in [1.82, 2.24) is 9.97 Å². The van der Waals surface area contributed by atoms with Gasteiger partial charge in [0.15, 0.2) is 0 Å². The molecule has 2 aromatic rings. The Labute approximate surface area is 70.7 Å². The summed E-state index contributed by atoms with van der Waals surface area (Å²) in [5.41, 5.74) is 0. The molecule has 2 nitrogen and oxygen atoms in total. The molecule has 3 heteroatoms. The standard InChI is InChI=1S/C5H5N.C4H5N.FH/c1-2-4-6-5-3-1;1-2-4-5-3-1;/h1-5H;1-5H;1H. The van der Waals surface area contributed by atoms with Gasteiger partial charge in [-0.25, -0.2) is 0 Å². The highest BCUT2D eigenvalue weighted by molar-refractivity contribution is 4.88. The van der Waals surface area contributed by atoms with Crippen molar-refractivity contribution in [3.63, 3.8) is 0 Å². The number of pyridine rings is 1. The molecule has 0 saturated carbocycles. The molecular weight excluding hydrogens is 155 g/mol. The minimum Gasteiger partial charge on any atom is -0.368 e. The van der Waals surface area contributed by atoms with Crippen molar-refractivity contribution >= 4 is 0 Å². The molecule has 2 heterocycles. The van der Waals surface area contributed by atoms with E-state index < -0.39 is 0 Å². The Bertz CT molecular complexity index is 198. The fraction of sp³-hybridized carbons (Fsp3) is 0. The van der Waals surface area contributed by atoms with Gasteiger partial charge < -0.3 is 4.98 Å². The maximum Gasteiger partial charge on any atom is 0.0267 e. The summed E-state index contributed by atoms with van der Waals surface area (Å²) >= 11 is 0. The van der Waals surface area contributed by atoms with Crippen LogP contribution in [0.25, 0.3) is 0 Å². The fourth-order valence-corrected chi connectivity index (χ4v) is 0.590. The first-order chi connectivity index (χ1) is 5.50. The molecule has 0 radical (unpaired) electrons. The summed E-state index contributed by atoms with van der Waals surface area (Å²) < 4.78 is 0. The topological polar surface area (TPSA) is 28.7 Å². The Kier molecular flexibility index (Phi) is 6.45. The van der Waals surface area contributed by atoms with E-state index in [1.807, 2.05) is 42.7 Å². The minimum absolute atomic E-state index is 0. The number of halogens is 1. The summed E-state index contributed by atoms with van der Waals surface area (Å²) in [5, 5.41) is 0. The first-order valence-corrected chi connectivity index (χ1v) is 3.43. The first kappa shape index (κ1) is 10.4. The average Bonchev–Trinajstić information content (AvgIpc) is 2.64. The van der Waals surface area contributed by atoms with Crippen molar-refractivity contribution in [2.45, 2.75) is 0 Å². The lowest BCUT2D eigenvalue weighted by Gasteiger charge is -1.70. The van der Waals surface area contributed by atoms with Gasteiger partial charge in [-0.3, -0.25) is 9.69 Å². The number of hydrogen-bond acceptors (Lipinski definition) is 1. The second kappa shape index (κ2) is 7.47. The van der Waals surface area contributed by atoms with Gasteiger partial charge in [-0.15, -0.1) is 0 Å². The zero-order chi connectivity index (χ0) is 7.78. The summed E-state index contributed by atoms with van der Waals surface area (Å²) in [5.74, 6) is 0. The second-order valence-corrected chi connectivity index (χ2v) is 1.91. The van der Waals surface area contributed by atoms with Gasteiger partial charge in [-0.2, -0.15) is 0 Å². The lowest BCUT2D eigenvalue weighted by Crippen LogP contribution is -1.58. The molecule has 0 aromatic carbocycles. The Balaban J connectivity index is 0.000000189. The van der Waals surface area contributed by atoms with E-state index in [2.05, 4.69) is 9.97 Å². The van der Waals surface area contributed by atoms with Gasteiger partial charge in [0, 0.05) is 24.8 Å². The van der Waals surface area contributed by atoms with Gasteiger partial charge in [-0.05, 0) is 24.3 Å². The van der Waals surface area contributed by atoms with Crippen molar-refractivity contribution in [1.29, 1.82) is 0 Å². The lowest BCUT2D eigenvalue weighted by molar-refractivity contribution is 1.11. The smallest absolute Gasteiger partial charge is 0.0267 e. The zero-order valence-electron chi connectivity index (χ0n) is 6.55. The highest BCUT2D eigenvalue weighted by atomic mass is 19.0. The molecule has 0 unspecified atom stereocenters. The van der Waals surface area contributed by atoms with Crippen LogP contribution >= 0.6 is 0 Å². The van der Waals surface area contributed by atoms with Crippen LogP contribution in [0, 0.1) is 0 Å².